The highest BCUT2D eigenvalue weighted by Crippen LogP contribution is 2.46. The van der Waals surface area contributed by atoms with Crippen LogP contribution in [0.2, 0.25) is 0 Å². The van der Waals surface area contributed by atoms with E-state index in [4.69, 9.17) is 15.2 Å². The van der Waals surface area contributed by atoms with Crippen molar-refractivity contribution in [2.45, 2.75) is 45.4 Å². The summed E-state index contributed by atoms with van der Waals surface area (Å²) in [4.78, 5) is 16.0. The molecule has 0 radical (unpaired) electrons. The monoisotopic (exact) mass is 459 g/mol. The van der Waals surface area contributed by atoms with E-state index < -0.39 is 6.09 Å². The Labute approximate surface area is 198 Å². The molecule has 8 heteroatoms. The highest BCUT2D eigenvalue weighted by Gasteiger charge is 2.30. The van der Waals surface area contributed by atoms with Crippen LogP contribution in [0.1, 0.15) is 32.7 Å². The first-order valence-corrected chi connectivity index (χ1v) is 11.6. The molecule has 0 bridgehead atoms. The number of ether oxygens (including phenoxy) is 2. The topological polar surface area (TPSA) is 96.3 Å². The third-order valence-corrected chi connectivity index (χ3v) is 5.85. The summed E-state index contributed by atoms with van der Waals surface area (Å²) in [6, 6.07) is 14.2. The summed E-state index contributed by atoms with van der Waals surface area (Å²) >= 11 is 0. The molecule has 1 aliphatic carbocycles. The van der Waals surface area contributed by atoms with Gasteiger partial charge in [-0.3, -0.25) is 5.32 Å². The lowest BCUT2D eigenvalue weighted by atomic mass is 10.1. The first-order valence-electron chi connectivity index (χ1n) is 11.6. The molecule has 0 unspecified atom stereocenters. The quantitative estimate of drug-likeness (QED) is 0.365. The van der Waals surface area contributed by atoms with Crippen LogP contribution in [0.4, 0.5) is 16.2 Å². The molecule has 4 aromatic rings. The predicted molar refractivity (Wildman–Crippen MR) is 133 cm³/mol. The van der Waals surface area contributed by atoms with E-state index in [-0.39, 0.29) is 6.10 Å². The molecule has 1 saturated carbocycles. The maximum Gasteiger partial charge on any atom is 0.411 e. The number of nitrogens with one attached hydrogen (secondary N) is 1. The first kappa shape index (κ1) is 21.9. The Balaban J connectivity index is 1.41. The lowest BCUT2D eigenvalue weighted by Gasteiger charge is -2.13. The summed E-state index contributed by atoms with van der Waals surface area (Å²) in [5, 5.41) is 3.78. The zero-order valence-electron chi connectivity index (χ0n) is 19.4. The van der Waals surface area contributed by atoms with Crippen LogP contribution in [0.5, 0.6) is 5.75 Å². The van der Waals surface area contributed by atoms with Crippen LogP contribution in [-0.4, -0.2) is 32.9 Å². The number of aromatic nitrogens is 3. The number of carbonyl (C=O) groups is 1. The maximum absolute atomic E-state index is 11.9. The van der Waals surface area contributed by atoms with E-state index in [1.165, 1.54) is 0 Å². The fraction of sp³-hybridized carbons (Fsp3) is 0.308. The van der Waals surface area contributed by atoms with Crippen LogP contribution in [0.3, 0.4) is 0 Å². The highest BCUT2D eigenvalue weighted by molar-refractivity contribution is 6.02. The minimum Gasteiger partial charge on any atom is -0.492 e. The molecule has 8 nitrogen and oxygen atoms in total. The van der Waals surface area contributed by atoms with E-state index in [9.17, 15) is 4.79 Å². The van der Waals surface area contributed by atoms with E-state index in [0.717, 1.165) is 53.0 Å². The van der Waals surface area contributed by atoms with Crippen LogP contribution in [0.25, 0.3) is 22.2 Å². The van der Waals surface area contributed by atoms with Crippen LogP contribution in [0.15, 0.2) is 61.2 Å². The molecule has 176 valence electrons. The summed E-state index contributed by atoms with van der Waals surface area (Å²) in [6.07, 6.45) is 7.09. The predicted octanol–water partition coefficient (Wildman–Crippen LogP) is 5.46. The third-order valence-electron chi connectivity index (χ3n) is 5.85. The molecule has 0 atom stereocenters. The maximum atomic E-state index is 11.9. The lowest BCUT2D eigenvalue weighted by Crippen LogP contribution is -2.17. The lowest BCUT2D eigenvalue weighted by molar-refractivity contribution is 0.130. The fourth-order valence-corrected chi connectivity index (χ4v) is 4.17. The normalized spacial score (nSPS) is 13.4. The molecule has 1 fully saturated rings. The number of hydrogen-bond donors (Lipinski definition) is 2. The van der Waals surface area contributed by atoms with Crippen molar-refractivity contribution < 1.29 is 14.3 Å². The number of rotatable bonds is 8. The van der Waals surface area contributed by atoms with E-state index >= 15 is 0 Å². The minimum atomic E-state index is -0.463. The minimum absolute atomic E-state index is 0.173. The molecule has 1 aliphatic rings. The summed E-state index contributed by atoms with van der Waals surface area (Å²) in [5.41, 5.74) is 11.2. The summed E-state index contributed by atoms with van der Waals surface area (Å²) in [7, 11) is 0. The Morgan fingerprint density at radius 3 is 2.68 bits per heavy atom. The van der Waals surface area contributed by atoms with Gasteiger partial charge in [-0.1, -0.05) is 12.1 Å². The van der Waals surface area contributed by atoms with Crippen LogP contribution >= 0.6 is 0 Å². The Morgan fingerprint density at radius 1 is 1.21 bits per heavy atom. The van der Waals surface area contributed by atoms with Crippen molar-refractivity contribution in [2.24, 2.45) is 0 Å². The standard InChI is InChI=1S/C26H29N5O3/c1-17(2)34-26(32)29-19-5-3-18(4-6-19)25-24(27)22-10-9-21(15-23(22)31(25)20-7-8-20)33-14-13-30-12-11-28-16-30/h3-6,9-12,15-17,20H,7-8,13-14,27H2,1-2H3,(H,29,32). The van der Waals surface area contributed by atoms with Gasteiger partial charge in [-0.15, -0.1) is 0 Å². The Morgan fingerprint density at radius 2 is 2.00 bits per heavy atom. The number of nitrogens with zero attached hydrogens (tertiary/aromatic N) is 3. The van der Waals surface area contributed by atoms with E-state index in [1.807, 2.05) is 61.0 Å². The van der Waals surface area contributed by atoms with E-state index in [0.29, 0.717) is 18.3 Å². The average molecular weight is 460 g/mol. The molecular weight excluding hydrogens is 430 g/mol. The van der Waals surface area contributed by atoms with Gasteiger partial charge in [0.2, 0.25) is 0 Å². The van der Waals surface area contributed by atoms with Crippen LogP contribution < -0.4 is 15.8 Å². The van der Waals surface area contributed by atoms with Gasteiger partial charge in [0.25, 0.3) is 0 Å². The number of imidazole rings is 1. The molecule has 34 heavy (non-hydrogen) atoms. The zero-order chi connectivity index (χ0) is 23.7. The molecule has 3 N–H and O–H groups in total. The second kappa shape index (κ2) is 9.13. The van der Waals surface area contributed by atoms with Gasteiger partial charge in [0.15, 0.2) is 0 Å². The molecule has 2 heterocycles. The number of nitrogen functional groups attached to an aromatic ring is 1. The average Bonchev–Trinajstić information content (AvgIpc) is 3.43. The second-order valence-electron chi connectivity index (χ2n) is 8.85. The molecule has 2 aromatic carbocycles. The van der Waals surface area contributed by atoms with E-state index in [2.05, 4.69) is 20.9 Å². The van der Waals surface area contributed by atoms with Gasteiger partial charge in [0, 0.05) is 41.1 Å². The van der Waals surface area contributed by atoms with Crippen molar-refractivity contribution in [2.75, 3.05) is 17.7 Å². The smallest absolute Gasteiger partial charge is 0.411 e. The zero-order valence-corrected chi connectivity index (χ0v) is 19.4. The van der Waals surface area contributed by atoms with Gasteiger partial charge in [0.1, 0.15) is 12.4 Å². The molecule has 0 aliphatic heterocycles. The SMILES string of the molecule is CC(C)OC(=O)Nc1ccc(-c2c(N)c3ccc(OCCn4ccnc4)cc3n2C2CC2)cc1. The number of nitrogens with two attached hydrogens (primary N) is 1. The van der Waals surface area contributed by atoms with Gasteiger partial charge in [-0.05, 0) is 51.0 Å². The molecule has 0 saturated heterocycles. The number of anilines is 2. The largest absolute Gasteiger partial charge is 0.492 e. The molecule has 5 rings (SSSR count). The van der Waals surface area contributed by atoms with Gasteiger partial charge in [-0.25, -0.2) is 9.78 Å². The number of amides is 1. The van der Waals surface area contributed by atoms with Crippen molar-refractivity contribution in [3.05, 3.63) is 61.2 Å². The van der Waals surface area contributed by atoms with Crippen molar-refractivity contribution >= 4 is 28.4 Å². The Bertz CT molecular complexity index is 1290. The fourth-order valence-electron chi connectivity index (χ4n) is 4.17. The molecule has 0 spiro atoms. The molecule has 2 aromatic heterocycles. The Hall–Kier alpha value is -3.94. The van der Waals surface area contributed by atoms with Crippen molar-refractivity contribution in [1.29, 1.82) is 0 Å². The van der Waals surface area contributed by atoms with Crippen molar-refractivity contribution in [3.63, 3.8) is 0 Å². The van der Waals surface area contributed by atoms with Gasteiger partial charge >= 0.3 is 6.09 Å². The van der Waals surface area contributed by atoms with Gasteiger partial charge in [-0.2, -0.15) is 0 Å². The van der Waals surface area contributed by atoms with Gasteiger partial charge < -0.3 is 24.3 Å². The third kappa shape index (κ3) is 4.57. The summed E-state index contributed by atoms with van der Waals surface area (Å²) in [6.45, 7) is 4.93. The Kier molecular flexibility index (Phi) is 5.88. The summed E-state index contributed by atoms with van der Waals surface area (Å²) in [5.74, 6) is 0.821. The van der Waals surface area contributed by atoms with Crippen LogP contribution in [0, 0.1) is 0 Å². The molecule has 1 amide bonds. The summed E-state index contributed by atoms with van der Waals surface area (Å²) < 4.78 is 15.5. The number of hydrogen-bond acceptors (Lipinski definition) is 5. The van der Waals surface area contributed by atoms with Crippen molar-refractivity contribution in [1.82, 2.24) is 14.1 Å². The van der Waals surface area contributed by atoms with Crippen molar-refractivity contribution in [3.8, 4) is 17.0 Å². The number of fused-ring (bicyclic) bond motifs is 1. The number of carbonyl (C=O) groups excluding carboxylic acids is 1. The van der Waals surface area contributed by atoms with E-state index in [1.54, 1.807) is 12.5 Å². The van der Waals surface area contributed by atoms with Crippen LogP contribution in [-0.2, 0) is 11.3 Å². The first-order chi connectivity index (χ1) is 16.5. The van der Waals surface area contributed by atoms with Gasteiger partial charge in [0.05, 0.1) is 35.9 Å². The highest BCUT2D eigenvalue weighted by atomic mass is 16.6. The second-order valence-corrected chi connectivity index (χ2v) is 8.85. The number of benzene rings is 2. The molecular formula is C26H29N5O3.